The Morgan fingerprint density at radius 1 is 1.23 bits per heavy atom. The predicted molar refractivity (Wildman–Crippen MR) is 87.4 cm³/mol. The monoisotopic (exact) mass is 385 g/mol. The van der Waals surface area contributed by atoms with E-state index in [0.29, 0.717) is 13.2 Å². The summed E-state index contributed by atoms with van der Waals surface area (Å²) in [5.74, 6) is -1.28. The smallest absolute Gasteiger partial charge is 0.347 e. The van der Waals surface area contributed by atoms with Crippen molar-refractivity contribution in [3.63, 3.8) is 0 Å². The summed E-state index contributed by atoms with van der Waals surface area (Å²) in [6, 6.07) is 3.98. The van der Waals surface area contributed by atoms with Gasteiger partial charge in [-0.1, -0.05) is 0 Å². The minimum Gasteiger partial charge on any atom is -0.495 e. The molecule has 1 aromatic rings. The van der Waals surface area contributed by atoms with Crippen molar-refractivity contribution in [3.8, 4) is 5.75 Å². The van der Waals surface area contributed by atoms with Crippen LogP contribution in [-0.4, -0.2) is 70.8 Å². The molecule has 0 aliphatic carbocycles. The van der Waals surface area contributed by atoms with E-state index in [9.17, 15) is 18.0 Å². The highest BCUT2D eigenvalue weighted by molar-refractivity contribution is 7.89. The maximum absolute atomic E-state index is 12.9. The Hall–Kier alpha value is -2.17. The molecule has 0 aromatic heterocycles. The van der Waals surface area contributed by atoms with E-state index in [4.69, 9.17) is 18.9 Å². The van der Waals surface area contributed by atoms with Crippen molar-refractivity contribution in [2.75, 3.05) is 40.0 Å². The third kappa shape index (κ3) is 3.67. The molecule has 1 aromatic carbocycles. The highest BCUT2D eigenvalue weighted by Gasteiger charge is 2.33. The first kappa shape index (κ1) is 18.6. The first-order valence-corrected chi connectivity index (χ1v) is 9.51. The number of ether oxygens (including phenoxy) is 4. The van der Waals surface area contributed by atoms with Crippen LogP contribution < -0.4 is 4.74 Å². The fraction of sp³-hybridized carbons (Fsp3) is 0.500. The summed E-state index contributed by atoms with van der Waals surface area (Å²) in [5.41, 5.74) is 0.0114. The molecule has 1 atom stereocenters. The first-order valence-electron chi connectivity index (χ1n) is 8.07. The average Bonchev–Trinajstić information content (AvgIpc) is 3.06. The van der Waals surface area contributed by atoms with Gasteiger partial charge in [-0.3, -0.25) is 0 Å². The van der Waals surface area contributed by atoms with E-state index >= 15 is 0 Å². The van der Waals surface area contributed by atoms with E-state index in [1.807, 2.05) is 0 Å². The molecule has 2 heterocycles. The molecule has 3 rings (SSSR count). The molecule has 2 aliphatic rings. The Labute approximate surface area is 150 Å². The third-order valence-electron chi connectivity index (χ3n) is 4.12. The number of sulfonamides is 1. The molecule has 9 nitrogen and oxygen atoms in total. The van der Waals surface area contributed by atoms with Gasteiger partial charge in [0, 0.05) is 19.5 Å². The number of cyclic esters (lactones) is 1. The van der Waals surface area contributed by atoms with Gasteiger partial charge in [0.1, 0.15) is 10.6 Å². The standard InChI is InChI=1S/C16H19NO8S/c1-22-12-3-2-11(15(18)25-13-4-7-24-16(13)19)10-14(12)26(20,21)17-5-8-23-9-6-17/h2-3,10,13H,4-9H2,1H3/t13-/m1/s1. The van der Waals surface area contributed by atoms with Gasteiger partial charge in [-0.25, -0.2) is 18.0 Å². The Morgan fingerprint density at radius 2 is 1.96 bits per heavy atom. The lowest BCUT2D eigenvalue weighted by Gasteiger charge is -2.26. The Bertz CT molecular complexity index is 800. The summed E-state index contributed by atoms with van der Waals surface area (Å²) in [6.07, 6.45) is -0.691. The Morgan fingerprint density at radius 3 is 2.58 bits per heavy atom. The van der Waals surface area contributed by atoms with Crippen LogP contribution >= 0.6 is 0 Å². The first-order chi connectivity index (χ1) is 12.4. The number of esters is 2. The van der Waals surface area contributed by atoms with Crippen LogP contribution in [0.1, 0.15) is 16.8 Å². The number of morpholine rings is 1. The molecule has 0 N–H and O–H groups in total. The van der Waals surface area contributed by atoms with Crippen LogP contribution in [0.2, 0.25) is 0 Å². The molecular formula is C16H19NO8S. The molecule has 2 fully saturated rings. The van der Waals surface area contributed by atoms with Gasteiger partial charge in [-0.15, -0.1) is 0 Å². The summed E-state index contributed by atoms with van der Waals surface area (Å²) in [7, 11) is -2.52. The number of nitrogens with zero attached hydrogens (tertiary/aromatic N) is 1. The zero-order valence-corrected chi connectivity index (χ0v) is 15.0. The molecule has 2 saturated heterocycles. The van der Waals surface area contributed by atoms with Gasteiger partial charge in [-0.05, 0) is 18.2 Å². The number of carbonyl (C=O) groups excluding carboxylic acids is 2. The normalized spacial score (nSPS) is 21.3. The molecule has 0 spiro atoms. The third-order valence-corrected chi connectivity index (χ3v) is 6.04. The number of hydrogen-bond acceptors (Lipinski definition) is 8. The van der Waals surface area contributed by atoms with Gasteiger partial charge in [0.15, 0.2) is 0 Å². The molecule has 0 saturated carbocycles. The summed E-state index contributed by atoms with van der Waals surface area (Å²) < 4.78 is 47.3. The summed E-state index contributed by atoms with van der Waals surface area (Å²) in [4.78, 5) is 23.6. The molecule has 26 heavy (non-hydrogen) atoms. The molecule has 0 unspecified atom stereocenters. The maximum Gasteiger partial charge on any atom is 0.347 e. The number of rotatable bonds is 5. The summed E-state index contributed by atoms with van der Waals surface area (Å²) in [5, 5.41) is 0. The molecule has 2 aliphatic heterocycles. The van der Waals surface area contributed by atoms with Crippen molar-refractivity contribution in [1.29, 1.82) is 0 Å². The Balaban J connectivity index is 1.88. The minimum atomic E-state index is -3.87. The zero-order valence-electron chi connectivity index (χ0n) is 14.2. The minimum absolute atomic E-state index is 0.0114. The van der Waals surface area contributed by atoms with Crippen molar-refractivity contribution in [2.45, 2.75) is 17.4 Å². The number of methoxy groups -OCH3 is 1. The van der Waals surface area contributed by atoms with Crippen LogP contribution in [0, 0.1) is 0 Å². The predicted octanol–water partition coefficient (Wildman–Crippen LogP) is 0.188. The number of hydrogen-bond donors (Lipinski definition) is 0. The summed E-state index contributed by atoms with van der Waals surface area (Å²) >= 11 is 0. The number of benzene rings is 1. The molecule has 0 radical (unpaired) electrons. The van der Waals surface area contributed by atoms with Crippen molar-refractivity contribution in [2.24, 2.45) is 0 Å². The fourth-order valence-corrected chi connectivity index (χ4v) is 4.30. The van der Waals surface area contributed by atoms with Gasteiger partial charge < -0.3 is 18.9 Å². The van der Waals surface area contributed by atoms with Crippen molar-refractivity contribution in [1.82, 2.24) is 4.31 Å². The molecule has 142 valence electrons. The second-order valence-corrected chi connectivity index (χ2v) is 7.64. The largest absolute Gasteiger partial charge is 0.495 e. The number of carbonyl (C=O) groups is 2. The average molecular weight is 385 g/mol. The van der Waals surface area contributed by atoms with Gasteiger partial charge in [0.25, 0.3) is 0 Å². The lowest BCUT2D eigenvalue weighted by molar-refractivity contribution is -0.145. The van der Waals surface area contributed by atoms with Crippen LogP contribution in [0.5, 0.6) is 5.75 Å². The second kappa shape index (κ2) is 7.60. The van der Waals surface area contributed by atoms with Gasteiger partial charge in [-0.2, -0.15) is 4.31 Å². The van der Waals surface area contributed by atoms with E-state index in [1.54, 1.807) is 0 Å². The highest BCUT2D eigenvalue weighted by atomic mass is 32.2. The van der Waals surface area contributed by atoms with Crippen molar-refractivity contribution < 1.29 is 37.0 Å². The second-order valence-electron chi connectivity index (χ2n) is 5.73. The van der Waals surface area contributed by atoms with E-state index in [0.717, 1.165) is 0 Å². The Kier molecular flexibility index (Phi) is 5.44. The maximum atomic E-state index is 12.9. The molecule has 0 amide bonds. The van der Waals surface area contributed by atoms with E-state index in [2.05, 4.69) is 0 Å². The molecular weight excluding hydrogens is 366 g/mol. The van der Waals surface area contributed by atoms with Gasteiger partial charge in [0.05, 0.1) is 32.5 Å². The van der Waals surface area contributed by atoms with Crippen LogP contribution in [0.4, 0.5) is 0 Å². The van der Waals surface area contributed by atoms with Crippen molar-refractivity contribution in [3.05, 3.63) is 23.8 Å². The van der Waals surface area contributed by atoms with E-state index < -0.39 is 28.1 Å². The topological polar surface area (TPSA) is 108 Å². The zero-order chi connectivity index (χ0) is 18.7. The lowest BCUT2D eigenvalue weighted by Crippen LogP contribution is -2.40. The fourth-order valence-electron chi connectivity index (χ4n) is 2.71. The SMILES string of the molecule is COc1ccc(C(=O)O[C@@H]2CCOC2=O)cc1S(=O)(=O)N1CCOCC1. The van der Waals surface area contributed by atoms with Gasteiger partial charge >= 0.3 is 11.9 Å². The van der Waals surface area contributed by atoms with Crippen LogP contribution in [0.15, 0.2) is 23.1 Å². The van der Waals surface area contributed by atoms with Crippen LogP contribution in [-0.2, 0) is 29.0 Å². The van der Waals surface area contributed by atoms with Gasteiger partial charge in [0.2, 0.25) is 16.1 Å². The summed E-state index contributed by atoms with van der Waals surface area (Å²) in [6.45, 7) is 1.22. The highest BCUT2D eigenvalue weighted by Crippen LogP contribution is 2.29. The molecule has 0 bridgehead atoms. The van der Waals surface area contributed by atoms with E-state index in [1.165, 1.54) is 29.6 Å². The van der Waals surface area contributed by atoms with Crippen molar-refractivity contribution >= 4 is 22.0 Å². The van der Waals surface area contributed by atoms with Crippen LogP contribution in [0.25, 0.3) is 0 Å². The lowest BCUT2D eigenvalue weighted by atomic mass is 10.2. The quantitative estimate of drug-likeness (QED) is 0.661. The van der Waals surface area contributed by atoms with Crippen LogP contribution in [0.3, 0.4) is 0 Å². The molecule has 10 heteroatoms. The van der Waals surface area contributed by atoms with E-state index in [-0.39, 0.29) is 42.3 Å².